The third-order valence-electron chi connectivity index (χ3n) is 5.44. The Morgan fingerprint density at radius 3 is 2.63 bits per heavy atom. The van der Waals surface area contributed by atoms with Gasteiger partial charge in [-0.2, -0.15) is 5.10 Å². The fourth-order valence-electron chi connectivity index (χ4n) is 3.79. The molecule has 146 valence electrons. The number of piperidine rings is 1. The van der Waals surface area contributed by atoms with Crippen molar-refractivity contribution in [1.29, 1.82) is 0 Å². The van der Waals surface area contributed by atoms with Crippen LogP contribution in [0.1, 0.15) is 42.4 Å². The van der Waals surface area contributed by atoms with Gasteiger partial charge in [0.15, 0.2) is 0 Å². The second-order valence-electron chi connectivity index (χ2n) is 7.27. The topological polar surface area (TPSA) is 75.9 Å². The van der Waals surface area contributed by atoms with E-state index >= 15 is 0 Å². The van der Waals surface area contributed by atoms with Gasteiger partial charge in [0, 0.05) is 49.7 Å². The van der Waals surface area contributed by atoms with E-state index in [9.17, 15) is 4.79 Å². The van der Waals surface area contributed by atoms with Crippen LogP contribution in [0.2, 0.25) is 0 Å². The quantitative estimate of drug-likeness (QED) is 0.844. The van der Waals surface area contributed by atoms with Gasteiger partial charge in [0.2, 0.25) is 11.9 Å². The van der Waals surface area contributed by atoms with Gasteiger partial charge >= 0.3 is 0 Å². The van der Waals surface area contributed by atoms with E-state index in [2.05, 4.69) is 39.1 Å². The summed E-state index contributed by atoms with van der Waals surface area (Å²) in [6, 6.07) is 1.90. The molecule has 7 nitrogen and oxygen atoms in total. The minimum Gasteiger partial charge on any atom is -0.356 e. The molecule has 0 saturated carbocycles. The van der Waals surface area contributed by atoms with Crippen molar-refractivity contribution >= 4 is 11.9 Å². The number of aryl methyl sites for hydroxylation is 3. The minimum absolute atomic E-state index is 0.0756. The lowest BCUT2D eigenvalue weighted by Crippen LogP contribution is -2.41. The summed E-state index contributed by atoms with van der Waals surface area (Å²) in [7, 11) is 0. The lowest BCUT2D eigenvalue weighted by Gasteiger charge is -2.31. The van der Waals surface area contributed by atoms with E-state index in [4.69, 9.17) is 0 Å². The highest BCUT2D eigenvalue weighted by atomic mass is 16.1. The molecule has 0 unspecified atom stereocenters. The lowest BCUT2D eigenvalue weighted by molar-refractivity contribution is -0.125. The number of carbonyl (C=O) groups excluding carboxylic acids is 1. The number of nitrogens with zero attached hydrogens (tertiary/aromatic N) is 5. The molecule has 1 N–H and O–H groups in total. The zero-order valence-corrected chi connectivity index (χ0v) is 16.8. The van der Waals surface area contributed by atoms with Gasteiger partial charge < -0.3 is 10.2 Å². The summed E-state index contributed by atoms with van der Waals surface area (Å²) in [5, 5.41) is 7.67. The molecule has 1 fully saturated rings. The maximum Gasteiger partial charge on any atom is 0.225 e. The monoisotopic (exact) mass is 370 g/mol. The maximum absolute atomic E-state index is 12.5. The molecular formula is C20H30N6O. The molecule has 0 bridgehead atoms. The van der Waals surface area contributed by atoms with E-state index in [1.807, 2.05) is 24.6 Å². The largest absolute Gasteiger partial charge is 0.356 e. The molecule has 1 aliphatic rings. The number of aromatic nitrogens is 4. The van der Waals surface area contributed by atoms with Crippen LogP contribution in [-0.4, -0.2) is 45.3 Å². The van der Waals surface area contributed by atoms with Crippen LogP contribution in [0.5, 0.6) is 0 Å². The summed E-state index contributed by atoms with van der Waals surface area (Å²) in [5.41, 5.74) is 4.49. The molecule has 27 heavy (non-hydrogen) atoms. The van der Waals surface area contributed by atoms with Crippen LogP contribution in [0.4, 0.5) is 5.95 Å². The third-order valence-corrected chi connectivity index (χ3v) is 5.44. The van der Waals surface area contributed by atoms with Crippen LogP contribution in [0.15, 0.2) is 12.3 Å². The van der Waals surface area contributed by atoms with E-state index in [1.54, 1.807) is 6.20 Å². The summed E-state index contributed by atoms with van der Waals surface area (Å²) in [6.45, 7) is 11.4. The normalized spacial score (nSPS) is 15.2. The number of anilines is 1. The molecule has 2 aromatic rings. The average molecular weight is 371 g/mol. The number of rotatable bonds is 6. The van der Waals surface area contributed by atoms with Crippen LogP contribution in [0.3, 0.4) is 0 Å². The van der Waals surface area contributed by atoms with Gasteiger partial charge in [-0.25, -0.2) is 9.97 Å². The SMILES string of the molecule is CCn1nc(C)c(CCNC(=O)C2CCN(c3nccc(C)n3)CC2)c1C. The first-order valence-electron chi connectivity index (χ1n) is 9.84. The van der Waals surface area contributed by atoms with Crippen molar-refractivity contribution in [3.05, 3.63) is 34.9 Å². The highest BCUT2D eigenvalue weighted by Gasteiger charge is 2.26. The van der Waals surface area contributed by atoms with Crippen molar-refractivity contribution in [1.82, 2.24) is 25.1 Å². The molecular weight excluding hydrogens is 340 g/mol. The Morgan fingerprint density at radius 2 is 2.00 bits per heavy atom. The van der Waals surface area contributed by atoms with Gasteiger partial charge in [-0.15, -0.1) is 0 Å². The molecule has 3 heterocycles. The predicted molar refractivity (Wildman–Crippen MR) is 106 cm³/mol. The van der Waals surface area contributed by atoms with Gasteiger partial charge in [-0.3, -0.25) is 9.48 Å². The summed E-state index contributed by atoms with van der Waals surface area (Å²) in [5.74, 6) is 1.01. The smallest absolute Gasteiger partial charge is 0.225 e. The number of nitrogens with one attached hydrogen (secondary N) is 1. The third kappa shape index (κ3) is 4.46. The van der Waals surface area contributed by atoms with Crippen LogP contribution >= 0.6 is 0 Å². The van der Waals surface area contributed by atoms with E-state index in [-0.39, 0.29) is 11.8 Å². The lowest BCUT2D eigenvalue weighted by atomic mass is 9.96. The Morgan fingerprint density at radius 1 is 1.26 bits per heavy atom. The first kappa shape index (κ1) is 19.3. The van der Waals surface area contributed by atoms with E-state index in [0.717, 1.165) is 56.2 Å². The first-order valence-corrected chi connectivity index (χ1v) is 9.84. The molecule has 3 rings (SSSR count). The summed E-state index contributed by atoms with van der Waals surface area (Å²) < 4.78 is 2.02. The van der Waals surface area contributed by atoms with Crippen LogP contribution in [-0.2, 0) is 17.8 Å². The molecule has 0 radical (unpaired) electrons. The van der Waals surface area contributed by atoms with Crippen molar-refractivity contribution in [3.8, 4) is 0 Å². The number of hydrogen-bond acceptors (Lipinski definition) is 5. The molecule has 0 spiro atoms. The van der Waals surface area contributed by atoms with Crippen molar-refractivity contribution in [2.45, 2.75) is 53.5 Å². The van der Waals surface area contributed by atoms with Crippen molar-refractivity contribution in [2.24, 2.45) is 5.92 Å². The molecule has 1 aliphatic heterocycles. The zero-order valence-electron chi connectivity index (χ0n) is 16.8. The van der Waals surface area contributed by atoms with Gasteiger partial charge in [-0.1, -0.05) is 0 Å². The predicted octanol–water partition coefficient (Wildman–Crippen LogP) is 2.19. The van der Waals surface area contributed by atoms with Gasteiger partial charge in [-0.05, 0) is 58.6 Å². The molecule has 7 heteroatoms. The zero-order chi connectivity index (χ0) is 19.4. The average Bonchev–Trinajstić information content (AvgIpc) is 2.95. The summed E-state index contributed by atoms with van der Waals surface area (Å²) in [4.78, 5) is 23.5. The minimum atomic E-state index is 0.0756. The van der Waals surface area contributed by atoms with Gasteiger partial charge in [0.1, 0.15) is 0 Å². The number of carbonyl (C=O) groups is 1. The summed E-state index contributed by atoms with van der Waals surface area (Å²) >= 11 is 0. The van der Waals surface area contributed by atoms with Crippen molar-refractivity contribution in [3.63, 3.8) is 0 Å². The van der Waals surface area contributed by atoms with E-state index in [0.29, 0.717) is 6.54 Å². The molecule has 1 amide bonds. The van der Waals surface area contributed by atoms with Crippen LogP contribution < -0.4 is 10.2 Å². The maximum atomic E-state index is 12.5. The Bertz CT molecular complexity index is 792. The Balaban J connectivity index is 1.47. The Labute approximate surface area is 161 Å². The highest BCUT2D eigenvalue weighted by molar-refractivity contribution is 5.78. The molecule has 0 aliphatic carbocycles. The molecule has 1 saturated heterocycles. The van der Waals surface area contributed by atoms with Crippen molar-refractivity contribution < 1.29 is 4.79 Å². The Hall–Kier alpha value is -2.44. The second-order valence-corrected chi connectivity index (χ2v) is 7.27. The molecule has 2 aromatic heterocycles. The highest BCUT2D eigenvalue weighted by Crippen LogP contribution is 2.21. The van der Waals surface area contributed by atoms with Gasteiger partial charge in [0.05, 0.1) is 5.69 Å². The summed E-state index contributed by atoms with van der Waals surface area (Å²) in [6.07, 6.45) is 4.31. The molecule has 0 aromatic carbocycles. The Kier molecular flexibility index (Phi) is 6.08. The number of hydrogen-bond donors (Lipinski definition) is 1. The second kappa shape index (κ2) is 8.50. The molecule has 0 atom stereocenters. The first-order chi connectivity index (χ1) is 13.0. The van der Waals surface area contributed by atoms with Crippen LogP contribution in [0.25, 0.3) is 0 Å². The standard InChI is InChI=1S/C20H30N6O/c1-5-26-16(4)18(15(3)24-26)7-11-21-19(27)17-8-12-25(13-9-17)20-22-10-6-14(2)23-20/h6,10,17H,5,7-9,11-13H2,1-4H3,(H,21,27). The van der Waals surface area contributed by atoms with Crippen molar-refractivity contribution in [2.75, 3.05) is 24.5 Å². The van der Waals surface area contributed by atoms with Gasteiger partial charge in [0.25, 0.3) is 0 Å². The van der Waals surface area contributed by atoms with E-state index in [1.165, 1.54) is 11.3 Å². The van der Waals surface area contributed by atoms with E-state index < -0.39 is 0 Å². The number of amides is 1. The fraction of sp³-hybridized carbons (Fsp3) is 0.600. The fourth-order valence-corrected chi connectivity index (χ4v) is 3.79. The van der Waals surface area contributed by atoms with Crippen LogP contribution in [0, 0.1) is 26.7 Å².